The van der Waals surface area contributed by atoms with E-state index in [0.717, 1.165) is 27.8 Å². The summed E-state index contributed by atoms with van der Waals surface area (Å²) in [5, 5.41) is 3.55. The van der Waals surface area contributed by atoms with Gasteiger partial charge in [0.1, 0.15) is 5.58 Å². The number of aromatic amines is 1. The Morgan fingerprint density at radius 2 is 1.65 bits per heavy atom. The maximum Gasteiger partial charge on any atom is 0.159 e. The predicted octanol–water partition coefficient (Wildman–Crippen LogP) is 6.13. The fourth-order valence-electron chi connectivity index (χ4n) is 3.45. The predicted molar refractivity (Wildman–Crippen MR) is 97.4 cm³/mol. The van der Waals surface area contributed by atoms with Crippen LogP contribution >= 0.6 is 0 Å². The van der Waals surface area contributed by atoms with Gasteiger partial charge in [-0.1, -0.05) is 56.3 Å². The molecule has 23 heavy (non-hydrogen) atoms. The van der Waals surface area contributed by atoms with Gasteiger partial charge < -0.3 is 9.40 Å². The van der Waals surface area contributed by atoms with E-state index in [-0.39, 0.29) is 5.41 Å². The molecule has 2 aromatic carbocycles. The maximum atomic E-state index is 6.14. The van der Waals surface area contributed by atoms with Crippen LogP contribution in [0, 0.1) is 5.41 Å². The van der Waals surface area contributed by atoms with Crippen LogP contribution in [0.1, 0.15) is 25.1 Å². The molecule has 2 heterocycles. The van der Waals surface area contributed by atoms with E-state index in [2.05, 4.69) is 67.4 Å². The molecule has 5 rings (SSSR count). The van der Waals surface area contributed by atoms with E-state index in [0.29, 0.717) is 0 Å². The van der Waals surface area contributed by atoms with E-state index in [1.54, 1.807) is 0 Å². The monoisotopic (exact) mass is 299 g/mol. The van der Waals surface area contributed by atoms with Gasteiger partial charge in [0.05, 0.1) is 5.52 Å². The molecule has 0 saturated carbocycles. The molecule has 112 valence electrons. The quantitative estimate of drug-likeness (QED) is 0.415. The summed E-state index contributed by atoms with van der Waals surface area (Å²) < 4.78 is 6.14. The van der Waals surface area contributed by atoms with Crippen LogP contribution < -0.4 is 0 Å². The highest BCUT2D eigenvalue weighted by Gasteiger charge is 2.18. The number of hydrogen-bond acceptors (Lipinski definition) is 1. The minimum atomic E-state index is 0.0790. The molecule has 0 atom stereocenters. The summed E-state index contributed by atoms with van der Waals surface area (Å²) in [7, 11) is 0. The lowest BCUT2D eigenvalue weighted by Gasteiger charge is -2.12. The fourth-order valence-corrected chi connectivity index (χ4v) is 3.45. The minimum Gasteiger partial charge on any atom is -0.454 e. The largest absolute Gasteiger partial charge is 0.454 e. The standard InChI is InChI=1S/C21H17NO/c1-21(2)11-9-13-15-7-8-16-14-5-3-4-6-18(14)23-20(16)19(15)22-17(13)10-12-21/h3-12,22H,1-2H3. The zero-order chi connectivity index (χ0) is 15.6. The third kappa shape index (κ3) is 1.75. The number of rotatable bonds is 0. The maximum absolute atomic E-state index is 6.14. The number of para-hydroxylation sites is 1. The first-order valence-corrected chi connectivity index (χ1v) is 7.97. The second kappa shape index (κ2) is 4.17. The number of hydrogen-bond donors (Lipinski definition) is 1. The van der Waals surface area contributed by atoms with Gasteiger partial charge in [0.2, 0.25) is 0 Å². The van der Waals surface area contributed by atoms with Gasteiger partial charge in [0, 0.05) is 32.8 Å². The molecule has 0 spiro atoms. The van der Waals surface area contributed by atoms with Crippen LogP contribution in [0.3, 0.4) is 0 Å². The molecule has 1 aliphatic rings. The lowest BCUT2D eigenvalue weighted by molar-refractivity contribution is 0.633. The van der Waals surface area contributed by atoms with E-state index in [9.17, 15) is 0 Å². The van der Waals surface area contributed by atoms with Crippen molar-refractivity contribution in [2.24, 2.45) is 5.41 Å². The Bertz CT molecular complexity index is 1130. The second-order valence-corrected chi connectivity index (χ2v) is 6.90. The second-order valence-electron chi connectivity index (χ2n) is 6.90. The van der Waals surface area contributed by atoms with Crippen molar-refractivity contribution in [3.63, 3.8) is 0 Å². The summed E-state index contributed by atoms with van der Waals surface area (Å²) in [6.45, 7) is 4.43. The molecule has 0 radical (unpaired) electrons. The van der Waals surface area contributed by atoms with Gasteiger partial charge in [-0.2, -0.15) is 0 Å². The molecule has 1 aliphatic carbocycles. The molecule has 2 heteroatoms. The third-order valence-corrected chi connectivity index (χ3v) is 4.75. The number of allylic oxidation sites excluding steroid dienone is 2. The number of benzene rings is 2. The number of H-pyrrole nitrogens is 1. The first-order valence-electron chi connectivity index (χ1n) is 7.97. The summed E-state index contributed by atoms with van der Waals surface area (Å²) in [4.78, 5) is 3.57. The fraction of sp³-hybridized carbons (Fsp3) is 0.143. The average molecular weight is 299 g/mol. The molecule has 2 aromatic heterocycles. The normalized spacial score (nSPS) is 16.3. The van der Waals surface area contributed by atoms with Crippen molar-refractivity contribution in [1.82, 2.24) is 4.98 Å². The number of nitrogens with one attached hydrogen (secondary N) is 1. The zero-order valence-electron chi connectivity index (χ0n) is 13.2. The molecular formula is C21H17NO. The van der Waals surface area contributed by atoms with Gasteiger partial charge in [-0.25, -0.2) is 0 Å². The molecule has 0 amide bonds. The van der Waals surface area contributed by atoms with Crippen LogP contribution in [0.15, 0.2) is 53.0 Å². The third-order valence-electron chi connectivity index (χ3n) is 4.75. The molecule has 0 bridgehead atoms. The van der Waals surface area contributed by atoms with Gasteiger partial charge in [-0.15, -0.1) is 0 Å². The summed E-state index contributed by atoms with van der Waals surface area (Å²) in [6.07, 6.45) is 8.90. The van der Waals surface area contributed by atoms with Gasteiger partial charge >= 0.3 is 0 Å². The topological polar surface area (TPSA) is 28.9 Å². The van der Waals surface area contributed by atoms with Crippen molar-refractivity contribution in [3.8, 4) is 0 Å². The van der Waals surface area contributed by atoms with E-state index in [1.807, 2.05) is 12.1 Å². The minimum absolute atomic E-state index is 0.0790. The Labute approximate surface area is 134 Å². The number of fused-ring (bicyclic) bond motifs is 7. The lowest BCUT2D eigenvalue weighted by Crippen LogP contribution is -2.00. The number of furan rings is 1. The molecule has 1 N–H and O–H groups in total. The molecular weight excluding hydrogens is 282 g/mol. The molecule has 0 aliphatic heterocycles. The average Bonchev–Trinajstić information content (AvgIpc) is 3.05. The Morgan fingerprint density at radius 1 is 0.870 bits per heavy atom. The van der Waals surface area contributed by atoms with Gasteiger partial charge in [0.25, 0.3) is 0 Å². The van der Waals surface area contributed by atoms with Crippen LogP contribution in [0.2, 0.25) is 0 Å². The van der Waals surface area contributed by atoms with Gasteiger partial charge in [0.15, 0.2) is 5.58 Å². The van der Waals surface area contributed by atoms with Crippen molar-refractivity contribution in [1.29, 1.82) is 0 Å². The SMILES string of the molecule is CC1(C)C=Cc2[nH]c3c(ccc4c5ccccc5oc43)c2C=C1. The summed E-state index contributed by atoms with van der Waals surface area (Å²) in [6, 6.07) is 12.6. The van der Waals surface area contributed by atoms with Crippen LogP contribution in [0.5, 0.6) is 0 Å². The first-order chi connectivity index (χ1) is 11.1. The van der Waals surface area contributed by atoms with Crippen molar-refractivity contribution in [2.75, 3.05) is 0 Å². The van der Waals surface area contributed by atoms with E-state index in [4.69, 9.17) is 4.42 Å². The highest BCUT2D eigenvalue weighted by atomic mass is 16.3. The smallest absolute Gasteiger partial charge is 0.159 e. The Kier molecular flexibility index (Phi) is 2.31. The van der Waals surface area contributed by atoms with E-state index in [1.165, 1.54) is 16.3 Å². The summed E-state index contributed by atoms with van der Waals surface area (Å²) in [5.74, 6) is 0. The highest BCUT2D eigenvalue weighted by Crippen LogP contribution is 2.38. The Morgan fingerprint density at radius 3 is 2.57 bits per heavy atom. The first kappa shape index (κ1) is 12.8. The van der Waals surface area contributed by atoms with E-state index < -0.39 is 0 Å². The molecule has 2 nitrogen and oxygen atoms in total. The van der Waals surface area contributed by atoms with Crippen LogP contribution in [0.4, 0.5) is 0 Å². The summed E-state index contributed by atoms with van der Waals surface area (Å²) in [5.41, 5.74) is 5.43. The van der Waals surface area contributed by atoms with Crippen molar-refractivity contribution >= 4 is 45.0 Å². The molecule has 0 unspecified atom stereocenters. The summed E-state index contributed by atoms with van der Waals surface area (Å²) >= 11 is 0. The van der Waals surface area contributed by atoms with Gasteiger partial charge in [-0.05, 0) is 18.2 Å². The van der Waals surface area contributed by atoms with Crippen molar-refractivity contribution in [3.05, 3.63) is 59.8 Å². The van der Waals surface area contributed by atoms with Crippen LogP contribution in [-0.2, 0) is 0 Å². The zero-order valence-corrected chi connectivity index (χ0v) is 13.2. The Hall–Kier alpha value is -2.74. The molecule has 0 fully saturated rings. The van der Waals surface area contributed by atoms with Gasteiger partial charge in [-0.3, -0.25) is 0 Å². The highest BCUT2D eigenvalue weighted by molar-refractivity contribution is 6.15. The van der Waals surface area contributed by atoms with Crippen molar-refractivity contribution in [2.45, 2.75) is 13.8 Å². The number of aromatic nitrogens is 1. The van der Waals surface area contributed by atoms with Crippen LogP contribution in [-0.4, -0.2) is 4.98 Å². The molecule has 0 saturated heterocycles. The van der Waals surface area contributed by atoms with E-state index >= 15 is 0 Å². The Balaban J connectivity index is 1.90. The lowest BCUT2D eigenvalue weighted by atomic mass is 9.93. The van der Waals surface area contributed by atoms with Crippen LogP contribution in [0.25, 0.3) is 45.0 Å². The molecule has 4 aromatic rings. The van der Waals surface area contributed by atoms with Crippen molar-refractivity contribution < 1.29 is 4.42 Å².